The molecule has 2 aliphatic rings. The molecule has 0 aromatic heterocycles. The summed E-state index contributed by atoms with van der Waals surface area (Å²) in [7, 11) is 0. The first-order valence-electron chi connectivity index (χ1n) is 39.1. The molecule has 0 saturated heterocycles. The second-order valence-electron chi connectivity index (χ2n) is 33.5. The van der Waals surface area contributed by atoms with Gasteiger partial charge in [0.25, 0.3) is 0 Å². The Hall–Kier alpha value is -3.58. The number of rotatable bonds is 45. The standard InChI is InChI=1S/C29H50O3.C29H52O2.C29H50O2/c1-20(2)12-9-13-21(3)14-10-15-22(4)16-11-18-29(8,32)19-17-26-25(7)27(30)23(5)24(6)28(26)31;2*1-20(2)12-9-13-21(3)14-10-15-22(4)16-11-17-23(5)18-19-27-26(8)28(30)24(6)25(7)29(27)31/h20-22,32H,9-19H2,1-8H3;20-23,30-31H,9-19H2,1-8H3;20-23H,9-19H2,1-8H3/t21-,22-,29-;2*21-,22-,23?/m111/s1. The Morgan fingerprint density at radius 1 is 0.277 bits per heavy atom. The summed E-state index contributed by atoms with van der Waals surface area (Å²) < 4.78 is 0. The molecule has 2 aliphatic carbocycles. The first-order chi connectivity index (χ1) is 43.9. The van der Waals surface area contributed by atoms with Crippen molar-refractivity contribution in [2.24, 2.45) is 65.1 Å². The molecule has 7 nitrogen and oxygen atoms in total. The molecule has 0 heterocycles. The highest BCUT2D eigenvalue weighted by atomic mass is 16.3. The number of Topliss-reactive ketones (excluding diaryl/α,β-unsaturated/α-hetero) is 4. The van der Waals surface area contributed by atoms with Crippen LogP contribution in [0.5, 0.6) is 11.5 Å². The zero-order chi connectivity index (χ0) is 71.6. The molecule has 542 valence electrons. The van der Waals surface area contributed by atoms with Crippen LogP contribution in [0.25, 0.3) is 0 Å². The first kappa shape index (κ1) is 88.4. The van der Waals surface area contributed by atoms with Crippen molar-refractivity contribution in [3.05, 3.63) is 66.8 Å². The Labute approximate surface area is 581 Å². The van der Waals surface area contributed by atoms with E-state index in [1.807, 2.05) is 34.6 Å². The van der Waals surface area contributed by atoms with Crippen molar-refractivity contribution in [1.82, 2.24) is 0 Å². The topological polar surface area (TPSA) is 129 Å². The largest absolute Gasteiger partial charge is 0.507 e. The number of aliphatic hydroxyl groups is 1. The highest BCUT2D eigenvalue weighted by molar-refractivity contribution is 6.25. The number of ketones is 4. The lowest BCUT2D eigenvalue weighted by molar-refractivity contribution is -0.116. The molecule has 0 saturated carbocycles. The lowest BCUT2D eigenvalue weighted by Crippen LogP contribution is -2.27. The van der Waals surface area contributed by atoms with E-state index in [9.17, 15) is 34.5 Å². The van der Waals surface area contributed by atoms with Crippen molar-refractivity contribution in [1.29, 1.82) is 0 Å². The van der Waals surface area contributed by atoms with Gasteiger partial charge in [-0.3, -0.25) is 19.2 Å². The Morgan fingerprint density at radius 2 is 0.521 bits per heavy atom. The fourth-order valence-corrected chi connectivity index (χ4v) is 14.4. The fraction of sp³-hybridized carbons (Fsp3) is 0.793. The van der Waals surface area contributed by atoms with Crippen molar-refractivity contribution in [3.8, 4) is 11.5 Å². The van der Waals surface area contributed by atoms with Gasteiger partial charge in [-0.15, -0.1) is 0 Å². The van der Waals surface area contributed by atoms with Crippen LogP contribution in [0.2, 0.25) is 0 Å². The predicted octanol–water partition coefficient (Wildman–Crippen LogP) is 25.4. The molecule has 0 fully saturated rings. The molecule has 94 heavy (non-hydrogen) atoms. The summed E-state index contributed by atoms with van der Waals surface area (Å²) in [6.45, 7) is 51.1. The van der Waals surface area contributed by atoms with Crippen molar-refractivity contribution < 1.29 is 34.5 Å². The first-order valence-corrected chi connectivity index (χ1v) is 39.1. The summed E-state index contributed by atoms with van der Waals surface area (Å²) in [5.41, 5.74) is 7.55. The second kappa shape index (κ2) is 46.6. The molecular formula is C87H152O7. The maximum absolute atomic E-state index is 12.6. The molecule has 1 aromatic carbocycles. The van der Waals surface area contributed by atoms with Crippen LogP contribution in [0, 0.1) is 85.9 Å². The van der Waals surface area contributed by atoms with Crippen LogP contribution in [0.3, 0.4) is 0 Å². The van der Waals surface area contributed by atoms with E-state index in [2.05, 4.69) is 96.9 Å². The van der Waals surface area contributed by atoms with E-state index in [0.29, 0.717) is 81.1 Å². The number of hydrogen-bond acceptors (Lipinski definition) is 7. The van der Waals surface area contributed by atoms with Crippen LogP contribution in [0.4, 0.5) is 0 Å². The average Bonchev–Trinajstić information content (AvgIpc) is 0.819. The molecule has 9 atom stereocenters. The number of aromatic hydroxyl groups is 2. The van der Waals surface area contributed by atoms with Gasteiger partial charge in [0.2, 0.25) is 0 Å². The van der Waals surface area contributed by atoms with Crippen molar-refractivity contribution in [3.63, 3.8) is 0 Å². The van der Waals surface area contributed by atoms with Gasteiger partial charge in [0.05, 0.1) is 5.60 Å². The van der Waals surface area contributed by atoms with Crippen molar-refractivity contribution in [2.75, 3.05) is 0 Å². The van der Waals surface area contributed by atoms with Crippen LogP contribution in [0.15, 0.2) is 44.6 Å². The van der Waals surface area contributed by atoms with Gasteiger partial charge in [-0.2, -0.15) is 0 Å². The van der Waals surface area contributed by atoms with Gasteiger partial charge in [-0.05, 0) is 196 Å². The van der Waals surface area contributed by atoms with Gasteiger partial charge in [0.15, 0.2) is 23.1 Å². The molecular weight excluding hydrogens is 1160 g/mol. The van der Waals surface area contributed by atoms with Crippen LogP contribution < -0.4 is 0 Å². The lowest BCUT2D eigenvalue weighted by atomic mass is 9.81. The third kappa shape index (κ3) is 34.8. The zero-order valence-electron chi connectivity index (χ0n) is 66.2. The smallest absolute Gasteiger partial charge is 0.185 e. The number of allylic oxidation sites excluding steroid dienone is 8. The monoisotopic (exact) mass is 1310 g/mol. The quantitative estimate of drug-likeness (QED) is 0.0438. The third-order valence-corrected chi connectivity index (χ3v) is 22.5. The Kier molecular flexibility index (Phi) is 43.9. The summed E-state index contributed by atoms with van der Waals surface area (Å²) in [5, 5.41) is 31.7. The number of benzene rings is 1. The van der Waals surface area contributed by atoms with E-state index in [4.69, 9.17) is 0 Å². The van der Waals surface area contributed by atoms with Gasteiger partial charge < -0.3 is 15.3 Å². The molecule has 7 heteroatoms. The minimum atomic E-state index is -0.800. The molecule has 3 N–H and O–H groups in total. The number of phenols is 2. The van der Waals surface area contributed by atoms with Gasteiger partial charge >= 0.3 is 0 Å². The van der Waals surface area contributed by atoms with E-state index in [-0.39, 0.29) is 23.1 Å². The Bertz CT molecular complexity index is 2510. The number of carbonyl (C=O) groups excluding carboxylic acids is 4. The predicted molar refractivity (Wildman–Crippen MR) is 406 cm³/mol. The summed E-state index contributed by atoms with van der Waals surface area (Å²) in [6, 6.07) is 0. The SMILES string of the molecule is CC1=C(C)C(=O)C(CCC(C)CCC[C@H](C)CCC[C@H](C)CCCC(C)C)=C(C)C1=O.CC1=C(C)C(=O)C(CC[C@](C)(O)CCC[C@H](C)CCC[C@H](C)CCCC(C)C)=C(C)C1=O.Cc1c(C)c(O)c(CCC(C)CCC[C@H](C)CCC[C@H](C)CCCC(C)C)c(C)c1O. The molecule has 0 aliphatic heterocycles. The molecule has 0 amide bonds. The van der Waals surface area contributed by atoms with E-state index < -0.39 is 5.60 Å². The lowest BCUT2D eigenvalue weighted by Gasteiger charge is -2.26. The summed E-state index contributed by atoms with van der Waals surface area (Å²) >= 11 is 0. The van der Waals surface area contributed by atoms with E-state index >= 15 is 0 Å². The van der Waals surface area contributed by atoms with Crippen molar-refractivity contribution in [2.45, 2.75) is 384 Å². The molecule has 3 rings (SSSR count). The Morgan fingerprint density at radius 3 is 0.830 bits per heavy atom. The summed E-state index contributed by atoms with van der Waals surface area (Å²) in [6.07, 6.45) is 39.8. The van der Waals surface area contributed by atoms with Gasteiger partial charge in [0.1, 0.15) is 11.5 Å². The van der Waals surface area contributed by atoms with E-state index in [1.165, 1.54) is 154 Å². The Balaban J connectivity index is 0.000000705. The molecule has 0 spiro atoms. The molecule has 2 unspecified atom stereocenters. The van der Waals surface area contributed by atoms with Crippen LogP contribution in [-0.4, -0.2) is 44.1 Å². The highest BCUT2D eigenvalue weighted by Crippen LogP contribution is 2.38. The fourth-order valence-electron chi connectivity index (χ4n) is 14.4. The maximum Gasteiger partial charge on any atom is 0.185 e. The summed E-state index contributed by atoms with van der Waals surface area (Å²) in [4.78, 5) is 49.8. The van der Waals surface area contributed by atoms with Gasteiger partial charge in [-0.25, -0.2) is 0 Å². The molecule has 0 radical (unpaired) electrons. The van der Waals surface area contributed by atoms with Gasteiger partial charge in [-0.1, -0.05) is 264 Å². The van der Waals surface area contributed by atoms with Crippen LogP contribution in [0.1, 0.15) is 373 Å². The minimum absolute atomic E-state index is 0.0255. The van der Waals surface area contributed by atoms with Gasteiger partial charge in [0, 0.05) is 50.1 Å². The number of carbonyl (C=O) groups is 4. The molecule has 0 bridgehead atoms. The number of hydrogen-bond donors (Lipinski definition) is 3. The average molecular weight is 1310 g/mol. The van der Waals surface area contributed by atoms with Crippen LogP contribution >= 0.6 is 0 Å². The highest BCUT2D eigenvalue weighted by Gasteiger charge is 2.31. The molecule has 1 aromatic rings. The van der Waals surface area contributed by atoms with Crippen molar-refractivity contribution >= 4 is 23.1 Å². The third-order valence-electron chi connectivity index (χ3n) is 22.5. The second-order valence-corrected chi connectivity index (χ2v) is 33.5. The maximum atomic E-state index is 12.6. The summed E-state index contributed by atoms with van der Waals surface area (Å²) in [5.74, 6) is 9.50. The number of phenolic OH excluding ortho intramolecular Hbond substituents is 2. The van der Waals surface area contributed by atoms with Crippen LogP contribution in [-0.2, 0) is 25.6 Å². The van der Waals surface area contributed by atoms with E-state index in [0.717, 1.165) is 120 Å². The normalized spacial score (nSPS) is 17.4. The zero-order valence-corrected chi connectivity index (χ0v) is 66.2. The minimum Gasteiger partial charge on any atom is -0.507 e. The van der Waals surface area contributed by atoms with E-state index in [1.54, 1.807) is 34.6 Å².